The molecule has 1 heterocycles. The molecule has 0 unspecified atom stereocenters. The molecule has 0 aliphatic carbocycles. The molecular formula is C11H18N2O4S. The van der Waals surface area contributed by atoms with Crippen LogP contribution in [0.2, 0.25) is 0 Å². The number of carboxylic acid groups (broad SMARTS) is 1. The second-order valence-electron chi connectivity index (χ2n) is 3.80. The van der Waals surface area contributed by atoms with E-state index in [1.54, 1.807) is 7.11 Å². The summed E-state index contributed by atoms with van der Waals surface area (Å²) < 4.78 is 10.6. The monoisotopic (exact) mass is 274 g/mol. The average Bonchev–Trinajstić information content (AvgIpc) is 2.81. The highest BCUT2D eigenvalue weighted by atomic mass is 32.2. The number of carboxylic acids is 1. The molecule has 1 N–H and O–H groups in total. The normalized spacial score (nSPS) is 11.7. The SMILES string of the molecule is CCC(CC)(OC)c1noc(CSCC(=O)O)n1. The van der Waals surface area contributed by atoms with Crippen LogP contribution in [-0.2, 0) is 20.9 Å². The number of aromatic nitrogens is 2. The minimum Gasteiger partial charge on any atom is -0.481 e. The molecule has 0 radical (unpaired) electrons. The van der Waals surface area contributed by atoms with E-state index in [2.05, 4.69) is 10.1 Å². The van der Waals surface area contributed by atoms with Gasteiger partial charge in [0.1, 0.15) is 5.60 Å². The van der Waals surface area contributed by atoms with Crippen molar-refractivity contribution in [2.45, 2.75) is 38.0 Å². The number of hydrogen-bond donors (Lipinski definition) is 1. The zero-order valence-corrected chi connectivity index (χ0v) is 11.6. The molecule has 1 rings (SSSR count). The second kappa shape index (κ2) is 6.75. The molecule has 0 fully saturated rings. The molecule has 0 bridgehead atoms. The molecule has 0 atom stereocenters. The van der Waals surface area contributed by atoms with Crippen molar-refractivity contribution in [1.82, 2.24) is 10.1 Å². The average molecular weight is 274 g/mol. The quantitative estimate of drug-likeness (QED) is 0.776. The maximum absolute atomic E-state index is 10.4. The second-order valence-corrected chi connectivity index (χ2v) is 4.79. The molecule has 0 aromatic carbocycles. The Balaban J connectivity index is 2.69. The van der Waals surface area contributed by atoms with Crippen molar-refractivity contribution in [3.05, 3.63) is 11.7 Å². The number of thioether (sulfide) groups is 1. The summed E-state index contributed by atoms with van der Waals surface area (Å²) in [6.07, 6.45) is 1.50. The number of ether oxygens (including phenoxy) is 1. The number of nitrogens with zero attached hydrogens (tertiary/aromatic N) is 2. The third-order valence-electron chi connectivity index (χ3n) is 2.86. The van der Waals surface area contributed by atoms with Crippen LogP contribution in [0.25, 0.3) is 0 Å². The molecule has 102 valence electrons. The molecule has 18 heavy (non-hydrogen) atoms. The molecule has 0 spiro atoms. The Bertz CT molecular complexity index is 382. The topological polar surface area (TPSA) is 85.5 Å². The first-order chi connectivity index (χ1) is 8.57. The fraction of sp³-hybridized carbons (Fsp3) is 0.727. The lowest BCUT2D eigenvalue weighted by Gasteiger charge is -2.25. The standard InChI is InChI=1S/C11H18N2O4S/c1-4-11(5-2,16-3)10-12-8(17-13-10)6-18-7-9(14)15/h4-7H2,1-3H3,(H,14,15). The van der Waals surface area contributed by atoms with Crippen molar-refractivity contribution in [3.8, 4) is 0 Å². The summed E-state index contributed by atoms with van der Waals surface area (Å²) in [5, 5.41) is 12.5. The molecule has 1 aromatic rings. The Morgan fingerprint density at radius 1 is 1.50 bits per heavy atom. The van der Waals surface area contributed by atoms with Crippen molar-refractivity contribution in [2.75, 3.05) is 12.9 Å². The van der Waals surface area contributed by atoms with Gasteiger partial charge in [0.05, 0.1) is 11.5 Å². The Hall–Kier alpha value is -1.08. The molecule has 0 saturated heterocycles. The van der Waals surface area contributed by atoms with Gasteiger partial charge in [-0.1, -0.05) is 19.0 Å². The van der Waals surface area contributed by atoms with Crippen LogP contribution in [0.1, 0.15) is 38.4 Å². The van der Waals surface area contributed by atoms with Gasteiger partial charge in [0.2, 0.25) is 11.7 Å². The molecule has 0 saturated carbocycles. The number of methoxy groups -OCH3 is 1. The van der Waals surface area contributed by atoms with Gasteiger partial charge in [-0.15, -0.1) is 11.8 Å². The van der Waals surface area contributed by atoms with Gasteiger partial charge in [-0.2, -0.15) is 4.98 Å². The summed E-state index contributed by atoms with van der Waals surface area (Å²) in [4.78, 5) is 14.7. The van der Waals surface area contributed by atoms with Gasteiger partial charge in [-0.3, -0.25) is 4.79 Å². The largest absolute Gasteiger partial charge is 0.481 e. The van der Waals surface area contributed by atoms with Crippen LogP contribution in [0.3, 0.4) is 0 Å². The molecule has 6 nitrogen and oxygen atoms in total. The van der Waals surface area contributed by atoms with E-state index in [0.717, 1.165) is 12.8 Å². The Morgan fingerprint density at radius 3 is 2.67 bits per heavy atom. The lowest BCUT2D eigenvalue weighted by atomic mass is 9.96. The van der Waals surface area contributed by atoms with Gasteiger partial charge in [-0.05, 0) is 12.8 Å². The van der Waals surface area contributed by atoms with E-state index < -0.39 is 11.6 Å². The van der Waals surface area contributed by atoms with E-state index in [-0.39, 0.29) is 5.75 Å². The Labute approximate surface area is 110 Å². The van der Waals surface area contributed by atoms with Gasteiger partial charge in [0.15, 0.2) is 0 Å². The first kappa shape index (κ1) is 15.0. The Kier molecular flexibility index (Phi) is 5.61. The smallest absolute Gasteiger partial charge is 0.313 e. The number of rotatable bonds is 8. The fourth-order valence-electron chi connectivity index (χ4n) is 1.67. The van der Waals surface area contributed by atoms with Crippen LogP contribution in [0.5, 0.6) is 0 Å². The Morgan fingerprint density at radius 2 is 2.17 bits per heavy atom. The minimum absolute atomic E-state index is 0.0225. The van der Waals surface area contributed by atoms with E-state index in [1.807, 2.05) is 13.8 Å². The van der Waals surface area contributed by atoms with Gasteiger partial charge in [0, 0.05) is 7.11 Å². The molecule has 0 aliphatic rings. The summed E-state index contributed by atoms with van der Waals surface area (Å²) >= 11 is 1.22. The zero-order chi connectivity index (χ0) is 13.6. The molecule has 7 heteroatoms. The minimum atomic E-state index is -0.854. The molecule has 1 aromatic heterocycles. The molecule has 0 amide bonds. The van der Waals surface area contributed by atoms with Crippen molar-refractivity contribution in [2.24, 2.45) is 0 Å². The summed E-state index contributed by atoms with van der Waals surface area (Å²) in [6.45, 7) is 4.00. The fourth-order valence-corrected chi connectivity index (χ4v) is 2.24. The van der Waals surface area contributed by atoms with E-state index in [4.69, 9.17) is 14.4 Å². The lowest BCUT2D eigenvalue weighted by Crippen LogP contribution is -2.28. The van der Waals surface area contributed by atoms with Crippen LogP contribution < -0.4 is 0 Å². The van der Waals surface area contributed by atoms with Crippen LogP contribution in [0.15, 0.2) is 4.52 Å². The number of carbonyl (C=O) groups is 1. The van der Waals surface area contributed by atoms with E-state index in [1.165, 1.54) is 11.8 Å². The van der Waals surface area contributed by atoms with Crippen LogP contribution in [-0.4, -0.2) is 34.1 Å². The summed E-state index contributed by atoms with van der Waals surface area (Å²) in [5.74, 6) is 0.523. The van der Waals surface area contributed by atoms with Crippen molar-refractivity contribution in [3.63, 3.8) is 0 Å². The maximum atomic E-state index is 10.4. The van der Waals surface area contributed by atoms with Gasteiger partial charge in [0.25, 0.3) is 0 Å². The number of aliphatic carboxylic acids is 1. The highest BCUT2D eigenvalue weighted by molar-refractivity contribution is 7.99. The predicted octanol–water partition coefficient (Wildman–Crippen LogP) is 2.05. The van der Waals surface area contributed by atoms with Gasteiger partial charge in [-0.25, -0.2) is 0 Å². The first-order valence-electron chi connectivity index (χ1n) is 5.75. The third-order valence-corrected chi connectivity index (χ3v) is 3.76. The zero-order valence-electron chi connectivity index (χ0n) is 10.8. The highest BCUT2D eigenvalue weighted by Gasteiger charge is 2.33. The maximum Gasteiger partial charge on any atom is 0.313 e. The third kappa shape index (κ3) is 3.46. The molecular weight excluding hydrogens is 256 g/mol. The van der Waals surface area contributed by atoms with Crippen LogP contribution in [0.4, 0.5) is 0 Å². The van der Waals surface area contributed by atoms with E-state index >= 15 is 0 Å². The van der Waals surface area contributed by atoms with Crippen molar-refractivity contribution < 1.29 is 19.2 Å². The lowest BCUT2D eigenvalue weighted by molar-refractivity contribution is -0.133. The summed E-state index contributed by atoms with van der Waals surface area (Å²) in [7, 11) is 1.63. The van der Waals surface area contributed by atoms with Gasteiger partial charge >= 0.3 is 5.97 Å². The summed E-state index contributed by atoms with van der Waals surface area (Å²) in [6, 6.07) is 0. The number of hydrogen-bond acceptors (Lipinski definition) is 6. The van der Waals surface area contributed by atoms with Gasteiger partial charge < -0.3 is 14.4 Å². The first-order valence-corrected chi connectivity index (χ1v) is 6.91. The highest BCUT2D eigenvalue weighted by Crippen LogP contribution is 2.30. The van der Waals surface area contributed by atoms with E-state index in [9.17, 15) is 4.79 Å². The van der Waals surface area contributed by atoms with Crippen molar-refractivity contribution >= 4 is 17.7 Å². The predicted molar refractivity (Wildman–Crippen MR) is 67.4 cm³/mol. The molecule has 0 aliphatic heterocycles. The van der Waals surface area contributed by atoms with Crippen molar-refractivity contribution in [1.29, 1.82) is 0 Å². The summed E-state index contributed by atoms with van der Waals surface area (Å²) in [5.41, 5.74) is -0.515. The van der Waals surface area contributed by atoms with Crippen LogP contribution in [0, 0.1) is 0 Å². The van der Waals surface area contributed by atoms with Crippen LogP contribution >= 0.6 is 11.8 Å². The van der Waals surface area contributed by atoms with E-state index in [0.29, 0.717) is 17.5 Å².